The molecule has 0 unspecified atom stereocenters. The number of carbonyl (C=O) groups is 1. The van der Waals surface area contributed by atoms with Crippen molar-refractivity contribution in [3.05, 3.63) is 48.5 Å². The van der Waals surface area contributed by atoms with E-state index in [1.807, 2.05) is 24.5 Å². The number of amides is 1. The highest BCUT2D eigenvalue weighted by Crippen LogP contribution is 2.25. The number of rotatable bonds is 3. The van der Waals surface area contributed by atoms with Gasteiger partial charge in [-0.05, 0) is 37.1 Å². The van der Waals surface area contributed by atoms with Gasteiger partial charge >= 0.3 is 0 Å². The second-order valence-corrected chi connectivity index (χ2v) is 6.69. The maximum atomic E-state index is 12.6. The minimum Gasteiger partial charge on any atom is -0.381 e. The summed E-state index contributed by atoms with van der Waals surface area (Å²) in [6, 6.07) is 7.73. The molecule has 3 aromatic heterocycles. The molecular weight excluding hydrogens is 344 g/mol. The van der Waals surface area contributed by atoms with Crippen molar-refractivity contribution in [1.29, 1.82) is 0 Å². The van der Waals surface area contributed by atoms with Crippen LogP contribution in [0.2, 0.25) is 0 Å². The summed E-state index contributed by atoms with van der Waals surface area (Å²) in [7, 11) is 0. The van der Waals surface area contributed by atoms with Crippen molar-refractivity contribution in [2.45, 2.75) is 18.9 Å². The first kappa shape index (κ1) is 16.0. The van der Waals surface area contributed by atoms with E-state index in [-0.39, 0.29) is 5.91 Å². The highest BCUT2D eigenvalue weighted by molar-refractivity contribution is 6.06. The van der Waals surface area contributed by atoms with E-state index in [1.54, 1.807) is 18.5 Å². The first-order chi connectivity index (χ1) is 13.3. The van der Waals surface area contributed by atoms with Crippen LogP contribution in [0.3, 0.4) is 0 Å². The minimum atomic E-state index is -0.219. The summed E-state index contributed by atoms with van der Waals surface area (Å²) < 4.78 is 7.51. The number of imidazole rings is 1. The topological polar surface area (TPSA) is 97.7 Å². The number of aromatic amines is 1. The van der Waals surface area contributed by atoms with Crippen LogP contribution in [0.25, 0.3) is 22.1 Å². The molecule has 4 aromatic rings. The summed E-state index contributed by atoms with van der Waals surface area (Å²) in [4.78, 5) is 21.6. The molecule has 1 aromatic carbocycles. The highest BCUT2D eigenvalue weighted by atomic mass is 16.5. The number of fused-ring (bicyclic) bond motifs is 2. The maximum absolute atomic E-state index is 12.6. The predicted molar refractivity (Wildman–Crippen MR) is 101 cm³/mol. The molecule has 0 bridgehead atoms. The first-order valence-electron chi connectivity index (χ1n) is 8.93. The Bertz CT molecular complexity index is 1130. The number of carbonyl (C=O) groups excluding carboxylic acids is 1. The van der Waals surface area contributed by atoms with Crippen molar-refractivity contribution in [2.24, 2.45) is 0 Å². The van der Waals surface area contributed by atoms with E-state index >= 15 is 0 Å². The molecule has 0 saturated carbocycles. The molecule has 1 amide bonds. The molecule has 136 valence electrons. The lowest BCUT2D eigenvalue weighted by atomic mass is 10.1. The predicted octanol–water partition coefficient (Wildman–Crippen LogP) is 2.91. The number of hydrogen-bond acceptors (Lipinski definition) is 5. The Morgan fingerprint density at radius 1 is 1.19 bits per heavy atom. The number of benzene rings is 1. The van der Waals surface area contributed by atoms with E-state index in [0.717, 1.165) is 48.1 Å². The Hall–Kier alpha value is -3.26. The molecule has 0 atom stereocenters. The van der Waals surface area contributed by atoms with Crippen molar-refractivity contribution in [3.63, 3.8) is 0 Å². The van der Waals surface area contributed by atoms with Crippen LogP contribution in [0, 0.1) is 0 Å². The van der Waals surface area contributed by atoms with Crippen LogP contribution >= 0.6 is 0 Å². The van der Waals surface area contributed by atoms with E-state index in [0.29, 0.717) is 17.3 Å². The van der Waals surface area contributed by atoms with E-state index in [2.05, 4.69) is 30.0 Å². The van der Waals surface area contributed by atoms with Gasteiger partial charge in [-0.3, -0.25) is 9.89 Å². The Labute approximate surface area is 154 Å². The summed E-state index contributed by atoms with van der Waals surface area (Å²) in [6.07, 6.45) is 7.05. The van der Waals surface area contributed by atoms with Gasteiger partial charge in [-0.2, -0.15) is 5.10 Å². The third-order valence-electron chi connectivity index (χ3n) is 4.96. The quantitative estimate of drug-likeness (QED) is 0.584. The molecule has 0 radical (unpaired) electrons. The molecule has 8 heteroatoms. The number of pyridine rings is 1. The second kappa shape index (κ2) is 6.48. The van der Waals surface area contributed by atoms with Crippen LogP contribution in [0.4, 0.5) is 5.69 Å². The van der Waals surface area contributed by atoms with Gasteiger partial charge in [0.05, 0.1) is 23.6 Å². The van der Waals surface area contributed by atoms with E-state index in [9.17, 15) is 4.79 Å². The molecule has 5 rings (SSSR count). The lowest BCUT2D eigenvalue weighted by molar-refractivity contribution is 0.0704. The SMILES string of the molecule is O=C(Nc1ccc2cn[nH]c2c1)c1cnc2c(c1)ncn2C1CCOCC1. The van der Waals surface area contributed by atoms with Gasteiger partial charge in [0.25, 0.3) is 5.91 Å². The molecule has 0 spiro atoms. The third kappa shape index (κ3) is 2.93. The maximum Gasteiger partial charge on any atom is 0.257 e. The number of anilines is 1. The largest absolute Gasteiger partial charge is 0.381 e. The summed E-state index contributed by atoms with van der Waals surface area (Å²) in [5, 5.41) is 10.8. The number of nitrogens with zero attached hydrogens (tertiary/aromatic N) is 4. The molecular formula is C19H18N6O2. The lowest BCUT2D eigenvalue weighted by Crippen LogP contribution is -2.19. The molecule has 1 saturated heterocycles. The average molecular weight is 362 g/mol. The molecule has 4 heterocycles. The van der Waals surface area contributed by atoms with E-state index in [1.165, 1.54) is 0 Å². The molecule has 1 fully saturated rings. The summed E-state index contributed by atoms with van der Waals surface area (Å²) in [5.41, 5.74) is 3.57. The van der Waals surface area contributed by atoms with Gasteiger partial charge in [-0.25, -0.2) is 9.97 Å². The second-order valence-electron chi connectivity index (χ2n) is 6.69. The normalized spacial score (nSPS) is 15.4. The fourth-order valence-corrected chi connectivity index (χ4v) is 3.49. The zero-order valence-electron chi connectivity index (χ0n) is 14.6. The van der Waals surface area contributed by atoms with Crippen molar-refractivity contribution in [3.8, 4) is 0 Å². The van der Waals surface area contributed by atoms with Crippen molar-refractivity contribution < 1.29 is 9.53 Å². The van der Waals surface area contributed by atoms with E-state index < -0.39 is 0 Å². The van der Waals surface area contributed by atoms with Crippen LogP contribution in [0.1, 0.15) is 29.2 Å². The molecule has 2 N–H and O–H groups in total. The molecule has 1 aliphatic rings. The number of ether oxygens (including phenoxy) is 1. The molecule has 0 aliphatic carbocycles. The van der Waals surface area contributed by atoms with Gasteiger partial charge in [-0.15, -0.1) is 0 Å². The van der Waals surface area contributed by atoms with Gasteiger partial charge < -0.3 is 14.6 Å². The van der Waals surface area contributed by atoms with Gasteiger partial charge in [-0.1, -0.05) is 0 Å². The van der Waals surface area contributed by atoms with Crippen LogP contribution in [0.5, 0.6) is 0 Å². The van der Waals surface area contributed by atoms with Crippen LogP contribution in [-0.2, 0) is 4.74 Å². The van der Waals surface area contributed by atoms with Gasteiger partial charge in [0.1, 0.15) is 5.52 Å². The van der Waals surface area contributed by atoms with Gasteiger partial charge in [0, 0.05) is 36.5 Å². The summed E-state index contributed by atoms with van der Waals surface area (Å²) in [5.74, 6) is -0.219. The van der Waals surface area contributed by atoms with Crippen molar-refractivity contribution in [2.75, 3.05) is 18.5 Å². The Morgan fingerprint density at radius 2 is 2.07 bits per heavy atom. The number of nitrogens with one attached hydrogen (secondary N) is 2. The monoisotopic (exact) mass is 362 g/mol. The number of hydrogen-bond donors (Lipinski definition) is 2. The van der Waals surface area contributed by atoms with Crippen LogP contribution < -0.4 is 5.32 Å². The van der Waals surface area contributed by atoms with Crippen LogP contribution in [-0.4, -0.2) is 43.9 Å². The fourth-order valence-electron chi connectivity index (χ4n) is 3.49. The standard InChI is InChI=1S/C19H18N6O2/c26-19(23-14-2-1-12-10-22-24-16(12)8-14)13-7-17-18(20-9-13)25(11-21-17)15-3-5-27-6-4-15/h1-2,7-11,15H,3-6H2,(H,22,24)(H,23,26). The molecule has 27 heavy (non-hydrogen) atoms. The highest BCUT2D eigenvalue weighted by Gasteiger charge is 2.19. The summed E-state index contributed by atoms with van der Waals surface area (Å²) >= 11 is 0. The van der Waals surface area contributed by atoms with Gasteiger partial charge in [0.2, 0.25) is 0 Å². The Morgan fingerprint density at radius 3 is 2.96 bits per heavy atom. The van der Waals surface area contributed by atoms with Crippen molar-refractivity contribution >= 4 is 33.7 Å². The average Bonchev–Trinajstić information content (AvgIpc) is 3.34. The zero-order valence-corrected chi connectivity index (χ0v) is 14.6. The Kier molecular flexibility index (Phi) is 3.83. The lowest BCUT2D eigenvalue weighted by Gasteiger charge is -2.23. The molecule has 1 aliphatic heterocycles. The smallest absolute Gasteiger partial charge is 0.257 e. The first-order valence-corrected chi connectivity index (χ1v) is 8.93. The number of H-pyrrole nitrogens is 1. The van der Waals surface area contributed by atoms with Crippen molar-refractivity contribution in [1.82, 2.24) is 24.7 Å². The van der Waals surface area contributed by atoms with E-state index in [4.69, 9.17) is 4.74 Å². The zero-order chi connectivity index (χ0) is 18.2. The van der Waals surface area contributed by atoms with Gasteiger partial charge in [0.15, 0.2) is 5.65 Å². The van der Waals surface area contributed by atoms with Crippen LogP contribution in [0.15, 0.2) is 43.0 Å². The molecule has 8 nitrogen and oxygen atoms in total. The minimum absolute atomic E-state index is 0.219. The Balaban J connectivity index is 1.40. The fraction of sp³-hybridized carbons (Fsp3) is 0.263. The summed E-state index contributed by atoms with van der Waals surface area (Å²) in [6.45, 7) is 1.51. The number of aromatic nitrogens is 5. The third-order valence-corrected chi connectivity index (χ3v) is 4.96.